The van der Waals surface area contributed by atoms with Crippen molar-refractivity contribution in [1.82, 2.24) is 9.55 Å². The van der Waals surface area contributed by atoms with Gasteiger partial charge < -0.3 is 10.3 Å². The molecule has 0 saturated carbocycles. The van der Waals surface area contributed by atoms with E-state index in [0.717, 1.165) is 46.8 Å². The number of halogens is 1. The molecule has 3 nitrogen and oxygen atoms in total. The molecule has 0 amide bonds. The van der Waals surface area contributed by atoms with E-state index in [-0.39, 0.29) is 5.41 Å². The number of benzene rings is 1. The molecular weight excluding hydrogens is 326 g/mol. The van der Waals surface area contributed by atoms with Crippen molar-refractivity contribution in [2.45, 2.75) is 52.5 Å². The first-order valence-electron chi connectivity index (χ1n) is 7.47. The number of hydrogen-bond acceptors (Lipinski definition) is 2. The first-order chi connectivity index (χ1) is 9.84. The summed E-state index contributed by atoms with van der Waals surface area (Å²) in [6, 6.07) is 8.15. The van der Waals surface area contributed by atoms with Gasteiger partial charge in [-0.25, -0.2) is 4.98 Å². The Kier molecular flexibility index (Phi) is 4.77. The van der Waals surface area contributed by atoms with Crippen molar-refractivity contribution in [2.24, 2.45) is 0 Å². The van der Waals surface area contributed by atoms with Gasteiger partial charge in [-0.2, -0.15) is 0 Å². The summed E-state index contributed by atoms with van der Waals surface area (Å²) in [5.74, 6) is 1.83. The first-order valence-corrected chi connectivity index (χ1v) is 8.26. The predicted molar refractivity (Wildman–Crippen MR) is 93.4 cm³/mol. The fraction of sp³-hybridized carbons (Fsp3) is 0.471. The highest BCUT2D eigenvalue weighted by Crippen LogP contribution is 2.33. The van der Waals surface area contributed by atoms with Gasteiger partial charge >= 0.3 is 0 Å². The molecule has 0 aliphatic rings. The van der Waals surface area contributed by atoms with Crippen LogP contribution in [-0.4, -0.2) is 9.55 Å². The minimum atomic E-state index is -0.0217. The van der Waals surface area contributed by atoms with Gasteiger partial charge in [-0.3, -0.25) is 0 Å². The van der Waals surface area contributed by atoms with Crippen molar-refractivity contribution in [2.75, 3.05) is 5.73 Å². The SMILES string of the molecule is CCCCn1c(C(C)(C)C)nc(-c2cccc(Br)c2)c1N. The number of nitrogens with two attached hydrogens (primary N) is 1. The number of nitrogens with zero attached hydrogens (tertiary/aromatic N) is 2. The minimum absolute atomic E-state index is 0.0217. The summed E-state index contributed by atoms with van der Waals surface area (Å²) in [6.07, 6.45) is 2.26. The lowest BCUT2D eigenvalue weighted by Crippen LogP contribution is -2.20. The molecular formula is C17H24BrN3. The van der Waals surface area contributed by atoms with Gasteiger partial charge in [0, 0.05) is 22.0 Å². The number of hydrogen-bond donors (Lipinski definition) is 1. The summed E-state index contributed by atoms with van der Waals surface area (Å²) in [7, 11) is 0. The Morgan fingerprint density at radius 1 is 1.29 bits per heavy atom. The van der Waals surface area contributed by atoms with E-state index in [2.05, 4.69) is 60.3 Å². The van der Waals surface area contributed by atoms with E-state index in [1.165, 1.54) is 0 Å². The molecule has 0 atom stereocenters. The highest BCUT2D eigenvalue weighted by atomic mass is 79.9. The van der Waals surface area contributed by atoms with Gasteiger partial charge in [0.2, 0.25) is 0 Å². The average Bonchev–Trinajstić information content (AvgIpc) is 2.73. The third-order valence-corrected chi connectivity index (χ3v) is 4.00. The smallest absolute Gasteiger partial charge is 0.131 e. The Hall–Kier alpha value is -1.29. The third kappa shape index (κ3) is 3.49. The van der Waals surface area contributed by atoms with Crippen LogP contribution >= 0.6 is 15.9 Å². The molecule has 4 heteroatoms. The van der Waals surface area contributed by atoms with Crippen LogP contribution in [0.1, 0.15) is 46.4 Å². The van der Waals surface area contributed by atoms with Gasteiger partial charge in [0.15, 0.2) is 0 Å². The molecule has 1 heterocycles. The van der Waals surface area contributed by atoms with E-state index in [1.807, 2.05) is 12.1 Å². The van der Waals surface area contributed by atoms with Gasteiger partial charge in [0.05, 0.1) is 0 Å². The van der Waals surface area contributed by atoms with E-state index in [4.69, 9.17) is 10.7 Å². The number of unbranched alkanes of at least 4 members (excludes halogenated alkanes) is 1. The van der Waals surface area contributed by atoms with Crippen molar-refractivity contribution in [3.8, 4) is 11.3 Å². The molecule has 0 spiro atoms. The molecule has 0 bridgehead atoms. The number of aromatic nitrogens is 2. The zero-order valence-electron chi connectivity index (χ0n) is 13.3. The lowest BCUT2D eigenvalue weighted by atomic mass is 9.95. The van der Waals surface area contributed by atoms with Crippen LogP contribution in [0.4, 0.5) is 5.82 Å². The summed E-state index contributed by atoms with van der Waals surface area (Å²) in [4.78, 5) is 4.86. The zero-order valence-corrected chi connectivity index (χ0v) is 14.9. The molecule has 2 rings (SSSR count). The molecule has 0 aliphatic carbocycles. The third-order valence-electron chi connectivity index (χ3n) is 3.51. The van der Waals surface area contributed by atoms with Gasteiger partial charge in [0.1, 0.15) is 17.3 Å². The molecule has 0 unspecified atom stereocenters. The second-order valence-electron chi connectivity index (χ2n) is 6.43. The summed E-state index contributed by atoms with van der Waals surface area (Å²) in [5.41, 5.74) is 8.33. The first kappa shape index (κ1) is 16.1. The topological polar surface area (TPSA) is 43.8 Å². The molecule has 0 fully saturated rings. The molecule has 2 N–H and O–H groups in total. The molecule has 2 aromatic rings. The number of rotatable bonds is 4. The van der Waals surface area contributed by atoms with Crippen molar-refractivity contribution >= 4 is 21.7 Å². The van der Waals surface area contributed by atoms with Gasteiger partial charge in [-0.05, 0) is 18.6 Å². The van der Waals surface area contributed by atoms with Crippen LogP contribution in [0.15, 0.2) is 28.7 Å². The summed E-state index contributed by atoms with van der Waals surface area (Å²) in [6.45, 7) is 9.67. The molecule has 21 heavy (non-hydrogen) atoms. The van der Waals surface area contributed by atoms with Crippen molar-refractivity contribution in [1.29, 1.82) is 0 Å². The molecule has 1 aromatic heterocycles. The standard InChI is InChI=1S/C17H24BrN3/c1-5-6-10-21-15(19)14(20-16(21)17(2,3)4)12-8-7-9-13(18)11-12/h7-9,11H,5-6,10,19H2,1-4H3. The highest BCUT2D eigenvalue weighted by Gasteiger charge is 2.25. The van der Waals surface area contributed by atoms with E-state index in [0.29, 0.717) is 0 Å². The predicted octanol–water partition coefficient (Wildman–Crippen LogP) is 4.99. The molecule has 0 saturated heterocycles. The van der Waals surface area contributed by atoms with Crippen molar-refractivity contribution < 1.29 is 0 Å². The Bertz CT molecular complexity index is 623. The van der Waals surface area contributed by atoms with Gasteiger partial charge in [-0.1, -0.05) is 62.2 Å². The van der Waals surface area contributed by atoms with Crippen molar-refractivity contribution in [3.05, 3.63) is 34.6 Å². The number of imidazole rings is 1. The van der Waals surface area contributed by atoms with E-state index in [9.17, 15) is 0 Å². The molecule has 0 aliphatic heterocycles. The zero-order chi connectivity index (χ0) is 15.6. The Labute approximate surface area is 135 Å². The highest BCUT2D eigenvalue weighted by molar-refractivity contribution is 9.10. The maximum Gasteiger partial charge on any atom is 0.131 e. The normalized spacial score (nSPS) is 11.9. The van der Waals surface area contributed by atoms with E-state index < -0.39 is 0 Å². The van der Waals surface area contributed by atoms with Crippen LogP contribution in [0.3, 0.4) is 0 Å². The average molecular weight is 350 g/mol. The largest absolute Gasteiger partial charge is 0.383 e. The van der Waals surface area contributed by atoms with Crippen LogP contribution in [0, 0.1) is 0 Å². The fourth-order valence-electron chi connectivity index (χ4n) is 2.43. The Morgan fingerprint density at radius 3 is 2.57 bits per heavy atom. The second kappa shape index (κ2) is 6.22. The van der Waals surface area contributed by atoms with Crippen molar-refractivity contribution in [3.63, 3.8) is 0 Å². The number of nitrogen functional groups attached to an aromatic ring is 1. The van der Waals surface area contributed by atoms with E-state index in [1.54, 1.807) is 0 Å². The van der Waals surface area contributed by atoms with Crippen LogP contribution in [-0.2, 0) is 12.0 Å². The van der Waals surface area contributed by atoms with Crippen LogP contribution in [0.25, 0.3) is 11.3 Å². The van der Waals surface area contributed by atoms with E-state index >= 15 is 0 Å². The summed E-state index contributed by atoms with van der Waals surface area (Å²) < 4.78 is 3.22. The summed E-state index contributed by atoms with van der Waals surface area (Å²) in [5, 5.41) is 0. The molecule has 114 valence electrons. The van der Waals surface area contributed by atoms with Crippen LogP contribution < -0.4 is 5.73 Å². The maximum absolute atomic E-state index is 6.41. The van der Waals surface area contributed by atoms with Gasteiger partial charge in [-0.15, -0.1) is 0 Å². The summed E-state index contributed by atoms with van der Waals surface area (Å²) >= 11 is 3.52. The Balaban J connectivity index is 2.55. The quantitative estimate of drug-likeness (QED) is 0.844. The maximum atomic E-state index is 6.41. The molecule has 1 aromatic carbocycles. The van der Waals surface area contributed by atoms with Crippen LogP contribution in [0.2, 0.25) is 0 Å². The lowest BCUT2D eigenvalue weighted by Gasteiger charge is -2.20. The van der Waals surface area contributed by atoms with Crippen LogP contribution in [0.5, 0.6) is 0 Å². The Morgan fingerprint density at radius 2 is 2.00 bits per heavy atom. The molecule has 0 radical (unpaired) electrons. The lowest BCUT2D eigenvalue weighted by molar-refractivity contribution is 0.491. The number of anilines is 1. The fourth-order valence-corrected chi connectivity index (χ4v) is 2.83. The second-order valence-corrected chi connectivity index (χ2v) is 7.35. The van der Waals surface area contributed by atoms with Gasteiger partial charge in [0.25, 0.3) is 0 Å². The monoisotopic (exact) mass is 349 g/mol. The minimum Gasteiger partial charge on any atom is -0.383 e.